The van der Waals surface area contributed by atoms with Crippen LogP contribution < -0.4 is 20.5 Å². The van der Waals surface area contributed by atoms with Gasteiger partial charge < -0.3 is 30.4 Å². The molecule has 1 aliphatic carbocycles. The second kappa shape index (κ2) is 11.4. The Kier molecular flexibility index (Phi) is 9.60. The van der Waals surface area contributed by atoms with Crippen LogP contribution in [0.5, 0.6) is 11.5 Å². The van der Waals surface area contributed by atoms with Crippen LogP contribution in [0.2, 0.25) is 0 Å². The molecule has 1 amide bonds. The molecule has 4 N–H and O–H groups in total. The van der Waals surface area contributed by atoms with Crippen molar-refractivity contribution in [3.8, 4) is 11.5 Å². The number of carboxylic acid groups (broad SMARTS) is 1. The van der Waals surface area contributed by atoms with Gasteiger partial charge in [0.15, 0.2) is 11.5 Å². The summed E-state index contributed by atoms with van der Waals surface area (Å²) in [6.07, 6.45) is 2.32. The molecule has 8 heteroatoms. The second-order valence-electron chi connectivity index (χ2n) is 6.34. The van der Waals surface area contributed by atoms with Crippen molar-refractivity contribution in [2.75, 3.05) is 21.3 Å². The molecule has 27 heavy (non-hydrogen) atoms. The van der Waals surface area contributed by atoms with Gasteiger partial charge in [0.05, 0.1) is 20.3 Å². The minimum absolute atomic E-state index is 0.0277. The summed E-state index contributed by atoms with van der Waals surface area (Å²) in [6, 6.07) is 5.53. The zero-order chi connectivity index (χ0) is 20.4. The first-order chi connectivity index (χ1) is 12.8. The van der Waals surface area contributed by atoms with Gasteiger partial charge in [0, 0.05) is 38.1 Å². The zero-order valence-electron chi connectivity index (χ0n) is 16.4. The topological polar surface area (TPSA) is 120 Å². The standard InChI is InChI=1S/C17H26N2O4.C2H4O2/c1-21-14-8-7-11(9-13(14)18)17(20)19-10-12-5-4-6-15(22-2)16(12)23-3;1-2(3)4/h4-6,11,13-14H,7-10,18H2,1-3H3,(H,19,20);1H3,(H,3,4)/t11-,13+,14+;/m0./s1. The molecule has 8 nitrogen and oxygen atoms in total. The normalized spacial score (nSPS) is 21.4. The Morgan fingerprint density at radius 1 is 1.22 bits per heavy atom. The molecule has 0 radical (unpaired) electrons. The van der Waals surface area contributed by atoms with Crippen LogP contribution in [0, 0.1) is 5.92 Å². The van der Waals surface area contributed by atoms with Crippen molar-refractivity contribution in [2.45, 2.75) is 44.9 Å². The van der Waals surface area contributed by atoms with Crippen LogP contribution in [-0.4, -0.2) is 50.5 Å². The molecule has 0 unspecified atom stereocenters. The summed E-state index contributed by atoms with van der Waals surface area (Å²) in [7, 11) is 4.85. The molecule has 1 aromatic rings. The lowest BCUT2D eigenvalue weighted by Gasteiger charge is -2.32. The minimum Gasteiger partial charge on any atom is -0.493 e. The monoisotopic (exact) mass is 382 g/mol. The van der Waals surface area contributed by atoms with Crippen molar-refractivity contribution < 1.29 is 28.9 Å². The van der Waals surface area contributed by atoms with Gasteiger partial charge in [-0.25, -0.2) is 0 Å². The maximum absolute atomic E-state index is 12.4. The molecule has 1 saturated carbocycles. The second-order valence-corrected chi connectivity index (χ2v) is 6.34. The lowest BCUT2D eigenvalue weighted by molar-refractivity contribution is -0.134. The van der Waals surface area contributed by atoms with E-state index in [1.807, 2.05) is 18.2 Å². The van der Waals surface area contributed by atoms with E-state index in [-0.39, 0.29) is 24.0 Å². The molecule has 0 saturated heterocycles. The van der Waals surface area contributed by atoms with E-state index in [4.69, 9.17) is 29.8 Å². The molecule has 2 rings (SSSR count). The van der Waals surface area contributed by atoms with Gasteiger partial charge in [-0.2, -0.15) is 0 Å². The molecule has 1 aromatic carbocycles. The van der Waals surface area contributed by atoms with Crippen molar-refractivity contribution >= 4 is 11.9 Å². The van der Waals surface area contributed by atoms with Crippen LogP contribution >= 0.6 is 0 Å². The lowest BCUT2D eigenvalue weighted by Crippen LogP contribution is -2.45. The molecule has 3 atom stereocenters. The van der Waals surface area contributed by atoms with Crippen LogP contribution in [0.15, 0.2) is 18.2 Å². The molecule has 1 aliphatic rings. The van der Waals surface area contributed by atoms with E-state index >= 15 is 0 Å². The van der Waals surface area contributed by atoms with E-state index in [0.717, 1.165) is 25.3 Å². The van der Waals surface area contributed by atoms with E-state index in [2.05, 4.69) is 5.32 Å². The summed E-state index contributed by atoms with van der Waals surface area (Å²) in [5.74, 6) is 0.435. The fourth-order valence-corrected chi connectivity index (χ4v) is 3.13. The van der Waals surface area contributed by atoms with E-state index < -0.39 is 5.97 Å². The number of aliphatic carboxylic acids is 1. The molecule has 0 bridgehead atoms. The van der Waals surface area contributed by atoms with Crippen molar-refractivity contribution in [3.63, 3.8) is 0 Å². The predicted octanol–water partition coefficient (Wildman–Crippen LogP) is 1.55. The quantitative estimate of drug-likeness (QED) is 0.683. The summed E-state index contributed by atoms with van der Waals surface area (Å²) in [5.41, 5.74) is 6.95. The predicted molar refractivity (Wildman–Crippen MR) is 101 cm³/mol. The molecule has 0 heterocycles. The van der Waals surface area contributed by atoms with Gasteiger partial charge in [0.1, 0.15) is 0 Å². The first-order valence-corrected chi connectivity index (χ1v) is 8.79. The Hall–Kier alpha value is -2.32. The molecular formula is C19H30N2O6. The largest absolute Gasteiger partial charge is 0.493 e. The number of ether oxygens (including phenoxy) is 3. The average molecular weight is 382 g/mol. The number of para-hydroxylation sites is 1. The number of hydrogen-bond acceptors (Lipinski definition) is 6. The van der Waals surface area contributed by atoms with E-state index in [0.29, 0.717) is 24.5 Å². The summed E-state index contributed by atoms with van der Waals surface area (Å²) in [6.45, 7) is 1.48. The van der Waals surface area contributed by atoms with Crippen molar-refractivity contribution in [1.29, 1.82) is 0 Å². The molecule has 0 spiro atoms. The van der Waals surface area contributed by atoms with E-state index in [1.165, 1.54) is 0 Å². The molecule has 0 aliphatic heterocycles. The average Bonchev–Trinajstić information content (AvgIpc) is 2.64. The SMILES string of the molecule is CC(=O)O.COc1cccc(CNC(=O)[C@H]2CC[C@@H](OC)[C@H](N)C2)c1OC. The summed E-state index contributed by atoms with van der Waals surface area (Å²) >= 11 is 0. The third-order valence-electron chi connectivity index (χ3n) is 4.44. The zero-order valence-corrected chi connectivity index (χ0v) is 16.4. The Morgan fingerprint density at radius 3 is 2.41 bits per heavy atom. The van der Waals surface area contributed by atoms with Crippen LogP contribution in [0.1, 0.15) is 31.7 Å². The van der Waals surface area contributed by atoms with E-state index in [9.17, 15) is 4.79 Å². The molecule has 152 valence electrons. The first kappa shape index (κ1) is 22.7. The highest BCUT2D eigenvalue weighted by Crippen LogP contribution is 2.31. The number of methoxy groups -OCH3 is 3. The van der Waals surface area contributed by atoms with E-state index in [1.54, 1.807) is 21.3 Å². The number of nitrogens with one attached hydrogen (secondary N) is 1. The van der Waals surface area contributed by atoms with Crippen LogP contribution in [-0.2, 0) is 20.9 Å². The number of carbonyl (C=O) groups is 2. The van der Waals surface area contributed by atoms with Crippen LogP contribution in [0.3, 0.4) is 0 Å². The van der Waals surface area contributed by atoms with Crippen LogP contribution in [0.25, 0.3) is 0 Å². The maximum atomic E-state index is 12.4. The summed E-state index contributed by atoms with van der Waals surface area (Å²) in [4.78, 5) is 21.4. The highest BCUT2D eigenvalue weighted by molar-refractivity contribution is 5.79. The number of nitrogens with two attached hydrogens (primary N) is 1. The van der Waals surface area contributed by atoms with Gasteiger partial charge >= 0.3 is 0 Å². The smallest absolute Gasteiger partial charge is 0.300 e. The molecule has 1 fully saturated rings. The van der Waals surface area contributed by atoms with Crippen LogP contribution in [0.4, 0.5) is 0 Å². The lowest BCUT2D eigenvalue weighted by atomic mass is 9.83. The summed E-state index contributed by atoms with van der Waals surface area (Å²) < 4.78 is 16.0. The Morgan fingerprint density at radius 2 is 1.89 bits per heavy atom. The van der Waals surface area contributed by atoms with Gasteiger partial charge in [-0.1, -0.05) is 12.1 Å². The van der Waals surface area contributed by atoms with Gasteiger partial charge in [-0.15, -0.1) is 0 Å². The van der Waals surface area contributed by atoms with Gasteiger partial charge in [0.25, 0.3) is 5.97 Å². The maximum Gasteiger partial charge on any atom is 0.300 e. The molecule has 0 aromatic heterocycles. The first-order valence-electron chi connectivity index (χ1n) is 8.79. The fraction of sp³-hybridized carbons (Fsp3) is 0.579. The Balaban J connectivity index is 0.000000828. The number of benzene rings is 1. The van der Waals surface area contributed by atoms with Crippen molar-refractivity contribution in [2.24, 2.45) is 11.7 Å². The Bertz CT molecular complexity index is 618. The van der Waals surface area contributed by atoms with Gasteiger partial charge in [-0.05, 0) is 25.3 Å². The third kappa shape index (κ3) is 7.07. The van der Waals surface area contributed by atoms with Crippen molar-refractivity contribution in [3.05, 3.63) is 23.8 Å². The Labute approximate surface area is 160 Å². The van der Waals surface area contributed by atoms with Gasteiger partial charge in [-0.3, -0.25) is 9.59 Å². The highest BCUT2D eigenvalue weighted by Gasteiger charge is 2.31. The molecular weight excluding hydrogens is 352 g/mol. The number of hydrogen-bond donors (Lipinski definition) is 3. The number of rotatable bonds is 6. The number of carbonyl (C=O) groups excluding carboxylic acids is 1. The van der Waals surface area contributed by atoms with Gasteiger partial charge in [0.2, 0.25) is 5.91 Å². The van der Waals surface area contributed by atoms with Crippen molar-refractivity contribution in [1.82, 2.24) is 5.32 Å². The number of amides is 1. The minimum atomic E-state index is -0.833. The third-order valence-corrected chi connectivity index (χ3v) is 4.44. The summed E-state index contributed by atoms with van der Waals surface area (Å²) in [5, 5.41) is 10.4. The number of carboxylic acids is 1. The highest BCUT2D eigenvalue weighted by atomic mass is 16.5. The fourth-order valence-electron chi connectivity index (χ4n) is 3.13.